The number of benzene rings is 2. The maximum Gasteiger partial charge on any atom is 0.183 e. The van der Waals surface area contributed by atoms with Gasteiger partial charge in [0, 0.05) is 11.5 Å². The maximum absolute atomic E-state index is 6.05. The van der Waals surface area contributed by atoms with Crippen LogP contribution in [0.25, 0.3) is 11.1 Å². The third kappa shape index (κ3) is 5.83. The highest BCUT2D eigenvalue weighted by atomic mass is 16.7. The van der Waals surface area contributed by atoms with Gasteiger partial charge in [-0.1, -0.05) is 82.0 Å². The molecule has 2 aliphatic rings. The average molecular weight is 435 g/mol. The first kappa shape index (κ1) is 23.5. The van der Waals surface area contributed by atoms with E-state index in [0.717, 1.165) is 30.6 Å². The van der Waals surface area contributed by atoms with Crippen LogP contribution < -0.4 is 0 Å². The van der Waals surface area contributed by atoms with E-state index < -0.39 is 0 Å². The van der Waals surface area contributed by atoms with Crippen molar-refractivity contribution in [3.8, 4) is 11.1 Å². The minimum Gasteiger partial charge on any atom is -0.348 e. The minimum absolute atomic E-state index is 0.215. The molecule has 2 aromatic rings. The molecule has 1 heterocycles. The van der Waals surface area contributed by atoms with Gasteiger partial charge in [-0.25, -0.2) is 0 Å². The number of hydrogen-bond acceptors (Lipinski definition) is 2. The van der Waals surface area contributed by atoms with E-state index in [0.29, 0.717) is 5.92 Å². The lowest BCUT2D eigenvalue weighted by Crippen LogP contribution is -2.27. The van der Waals surface area contributed by atoms with Crippen molar-refractivity contribution in [3.05, 3.63) is 59.2 Å². The number of unbranched alkanes of at least 4 members (excludes halogenated alkanes) is 2. The van der Waals surface area contributed by atoms with Crippen molar-refractivity contribution < 1.29 is 9.47 Å². The molecule has 2 aromatic carbocycles. The van der Waals surface area contributed by atoms with Gasteiger partial charge in [0.05, 0.1) is 13.2 Å². The number of ether oxygens (including phenoxy) is 2. The summed E-state index contributed by atoms with van der Waals surface area (Å²) in [7, 11) is 0. The summed E-state index contributed by atoms with van der Waals surface area (Å²) < 4.78 is 12.1. The summed E-state index contributed by atoms with van der Waals surface area (Å²) in [5, 5.41) is 0. The van der Waals surface area contributed by atoms with Gasteiger partial charge in [-0.2, -0.15) is 0 Å². The lowest BCUT2D eigenvalue weighted by Gasteiger charge is -2.30. The monoisotopic (exact) mass is 434 g/mol. The Hall–Kier alpha value is -1.64. The summed E-state index contributed by atoms with van der Waals surface area (Å²) in [6, 6.07) is 16.0. The smallest absolute Gasteiger partial charge is 0.183 e. The minimum atomic E-state index is -0.215. The lowest BCUT2D eigenvalue weighted by molar-refractivity contribution is -0.206. The van der Waals surface area contributed by atoms with Gasteiger partial charge in [0.15, 0.2) is 6.29 Å². The van der Waals surface area contributed by atoms with Gasteiger partial charge < -0.3 is 9.47 Å². The van der Waals surface area contributed by atoms with E-state index in [-0.39, 0.29) is 6.29 Å². The van der Waals surface area contributed by atoms with Gasteiger partial charge in [0.25, 0.3) is 0 Å². The molecule has 2 fully saturated rings. The second kappa shape index (κ2) is 11.5. The topological polar surface area (TPSA) is 18.5 Å². The van der Waals surface area contributed by atoms with Gasteiger partial charge in [0.1, 0.15) is 0 Å². The molecule has 174 valence electrons. The van der Waals surface area contributed by atoms with Crippen LogP contribution in [0.4, 0.5) is 0 Å². The zero-order valence-corrected chi connectivity index (χ0v) is 20.4. The van der Waals surface area contributed by atoms with Crippen molar-refractivity contribution in [3.63, 3.8) is 0 Å². The van der Waals surface area contributed by atoms with E-state index in [1.165, 1.54) is 80.0 Å². The predicted molar refractivity (Wildman–Crippen MR) is 134 cm³/mol. The Bertz CT molecular complexity index is 824. The number of hydrogen-bond donors (Lipinski definition) is 0. The largest absolute Gasteiger partial charge is 0.348 e. The fourth-order valence-electron chi connectivity index (χ4n) is 5.57. The highest BCUT2D eigenvalue weighted by Gasteiger charge is 2.24. The van der Waals surface area contributed by atoms with Crippen LogP contribution in [0.1, 0.15) is 101 Å². The Balaban J connectivity index is 1.35. The quantitative estimate of drug-likeness (QED) is 0.387. The molecule has 0 N–H and O–H groups in total. The summed E-state index contributed by atoms with van der Waals surface area (Å²) in [6.45, 7) is 8.49. The molecule has 0 radical (unpaired) electrons. The van der Waals surface area contributed by atoms with Crippen LogP contribution >= 0.6 is 0 Å². The van der Waals surface area contributed by atoms with Gasteiger partial charge in [-0.3, -0.25) is 0 Å². The van der Waals surface area contributed by atoms with E-state index >= 15 is 0 Å². The zero-order chi connectivity index (χ0) is 22.3. The van der Waals surface area contributed by atoms with Crippen LogP contribution in [0, 0.1) is 18.8 Å². The summed E-state index contributed by atoms with van der Waals surface area (Å²) in [5.41, 5.74) is 6.66. The molecule has 0 atom stereocenters. The normalized spacial score (nSPS) is 26.2. The Morgan fingerprint density at radius 2 is 1.47 bits per heavy atom. The van der Waals surface area contributed by atoms with Crippen LogP contribution in [-0.2, 0) is 9.47 Å². The van der Waals surface area contributed by atoms with Crippen molar-refractivity contribution in [2.75, 3.05) is 13.2 Å². The standard InChI is InChI=1S/C30H42O2/c1-4-6-7-8-24-20-31-30(32-21-24)27-15-13-26(14-16-27)29-18-17-28(19-22(29)3)25-11-9-23(5-2)10-12-25/h13-19,23-25,30H,4-12,20-21H2,1-3H3/t23-,24?,25-,30?. The SMILES string of the molecule is CCCCCC1COC(c2ccc(-c3ccc([C@H]4CC[C@H](CC)CC4)cc3C)cc2)OC1. The van der Waals surface area contributed by atoms with Crippen LogP contribution in [0.5, 0.6) is 0 Å². The third-order valence-corrected chi connectivity index (χ3v) is 7.82. The lowest BCUT2D eigenvalue weighted by atomic mass is 9.77. The Morgan fingerprint density at radius 1 is 0.781 bits per heavy atom. The molecule has 1 saturated carbocycles. The van der Waals surface area contributed by atoms with Crippen molar-refractivity contribution in [1.29, 1.82) is 0 Å². The van der Waals surface area contributed by atoms with Crippen LogP contribution in [0.15, 0.2) is 42.5 Å². The Kier molecular flexibility index (Phi) is 8.43. The molecule has 4 rings (SSSR count). The van der Waals surface area contributed by atoms with Crippen LogP contribution in [-0.4, -0.2) is 13.2 Å². The molecule has 0 spiro atoms. The van der Waals surface area contributed by atoms with Gasteiger partial charge >= 0.3 is 0 Å². The molecule has 1 aliphatic heterocycles. The molecule has 32 heavy (non-hydrogen) atoms. The van der Waals surface area contributed by atoms with Crippen molar-refractivity contribution in [1.82, 2.24) is 0 Å². The molecule has 0 amide bonds. The number of rotatable bonds is 8. The summed E-state index contributed by atoms with van der Waals surface area (Å²) >= 11 is 0. The van der Waals surface area contributed by atoms with Crippen molar-refractivity contribution in [2.45, 2.75) is 90.8 Å². The molecule has 0 aromatic heterocycles. The highest BCUT2D eigenvalue weighted by Crippen LogP contribution is 2.38. The van der Waals surface area contributed by atoms with Gasteiger partial charge in [0.2, 0.25) is 0 Å². The third-order valence-electron chi connectivity index (χ3n) is 7.82. The van der Waals surface area contributed by atoms with E-state index in [1.54, 1.807) is 0 Å². The predicted octanol–water partition coefficient (Wildman–Crippen LogP) is 8.59. The van der Waals surface area contributed by atoms with Crippen molar-refractivity contribution >= 4 is 0 Å². The molecular formula is C30H42O2. The van der Waals surface area contributed by atoms with Gasteiger partial charge in [-0.05, 0) is 73.1 Å². The summed E-state index contributed by atoms with van der Waals surface area (Å²) in [5.74, 6) is 2.25. The fourth-order valence-corrected chi connectivity index (χ4v) is 5.57. The molecule has 2 nitrogen and oxygen atoms in total. The molecule has 1 aliphatic carbocycles. The summed E-state index contributed by atoms with van der Waals surface area (Å²) in [4.78, 5) is 0. The fraction of sp³-hybridized carbons (Fsp3) is 0.600. The molecule has 0 unspecified atom stereocenters. The van der Waals surface area contributed by atoms with E-state index in [9.17, 15) is 0 Å². The van der Waals surface area contributed by atoms with Crippen LogP contribution in [0.2, 0.25) is 0 Å². The number of aryl methyl sites for hydroxylation is 1. The maximum atomic E-state index is 6.05. The highest BCUT2D eigenvalue weighted by molar-refractivity contribution is 5.68. The second-order valence-corrected chi connectivity index (χ2v) is 10.2. The molecule has 0 bridgehead atoms. The van der Waals surface area contributed by atoms with E-state index in [2.05, 4.69) is 63.2 Å². The second-order valence-electron chi connectivity index (χ2n) is 10.2. The van der Waals surface area contributed by atoms with E-state index in [1.807, 2.05) is 0 Å². The molecule has 2 heteroatoms. The first-order valence-electron chi connectivity index (χ1n) is 13.1. The van der Waals surface area contributed by atoms with Gasteiger partial charge in [-0.15, -0.1) is 0 Å². The zero-order valence-electron chi connectivity index (χ0n) is 20.4. The van der Waals surface area contributed by atoms with E-state index in [4.69, 9.17) is 9.47 Å². The van der Waals surface area contributed by atoms with Crippen LogP contribution in [0.3, 0.4) is 0 Å². The summed E-state index contributed by atoms with van der Waals surface area (Å²) in [6.07, 6.45) is 11.7. The Labute approximate surface area is 195 Å². The van der Waals surface area contributed by atoms with Crippen molar-refractivity contribution in [2.24, 2.45) is 11.8 Å². The Morgan fingerprint density at radius 3 is 2.09 bits per heavy atom. The molecule has 1 saturated heterocycles. The first-order chi connectivity index (χ1) is 15.7. The average Bonchev–Trinajstić information content (AvgIpc) is 2.85. The molecular weight excluding hydrogens is 392 g/mol. The first-order valence-corrected chi connectivity index (χ1v) is 13.1.